The molecule has 0 aliphatic carbocycles. The van der Waals surface area contributed by atoms with Gasteiger partial charge in [-0.3, -0.25) is 4.90 Å². The molecule has 2 aromatic rings. The standard InChI is InChI=1S/C22H26N2O/c1-17-19(16-24-14-11-22(2,10-13-23)12-15-24)8-9-20(21(17)25)18-6-4-3-5-7-18/h3-9,25H,10-12,14-16H2,1-2H3. The van der Waals surface area contributed by atoms with Crippen LogP contribution in [0.25, 0.3) is 11.1 Å². The molecule has 0 atom stereocenters. The van der Waals surface area contributed by atoms with E-state index in [-0.39, 0.29) is 5.41 Å². The van der Waals surface area contributed by atoms with Gasteiger partial charge in [0.1, 0.15) is 5.75 Å². The fourth-order valence-corrected chi connectivity index (χ4v) is 3.62. The van der Waals surface area contributed by atoms with Crippen molar-refractivity contribution < 1.29 is 5.11 Å². The first-order valence-corrected chi connectivity index (χ1v) is 8.99. The van der Waals surface area contributed by atoms with Crippen LogP contribution in [0.5, 0.6) is 5.75 Å². The highest BCUT2D eigenvalue weighted by Gasteiger charge is 2.30. The SMILES string of the molecule is Cc1c(CN2CCC(C)(CC#N)CC2)ccc(-c2ccccc2)c1O. The normalized spacial score (nSPS) is 17.2. The van der Waals surface area contributed by atoms with Gasteiger partial charge in [-0.15, -0.1) is 0 Å². The second-order valence-electron chi connectivity index (χ2n) is 7.53. The number of aromatic hydroxyl groups is 1. The van der Waals surface area contributed by atoms with E-state index in [0.717, 1.165) is 49.2 Å². The molecule has 25 heavy (non-hydrogen) atoms. The molecule has 1 heterocycles. The Balaban J connectivity index is 1.73. The minimum Gasteiger partial charge on any atom is -0.507 e. The Morgan fingerprint density at radius 1 is 1.12 bits per heavy atom. The molecule has 0 radical (unpaired) electrons. The maximum atomic E-state index is 10.7. The molecule has 1 fully saturated rings. The molecule has 0 bridgehead atoms. The van der Waals surface area contributed by atoms with Gasteiger partial charge in [-0.25, -0.2) is 0 Å². The van der Waals surface area contributed by atoms with Crippen LogP contribution in [0, 0.1) is 23.7 Å². The van der Waals surface area contributed by atoms with Gasteiger partial charge < -0.3 is 5.11 Å². The Labute approximate surface area is 150 Å². The summed E-state index contributed by atoms with van der Waals surface area (Å²) in [5.74, 6) is 0.384. The lowest BCUT2D eigenvalue weighted by atomic mass is 9.78. The van der Waals surface area contributed by atoms with Crippen molar-refractivity contribution in [3.63, 3.8) is 0 Å². The average molecular weight is 334 g/mol. The van der Waals surface area contributed by atoms with E-state index in [4.69, 9.17) is 5.26 Å². The van der Waals surface area contributed by atoms with E-state index in [1.165, 1.54) is 5.56 Å². The number of rotatable bonds is 4. The van der Waals surface area contributed by atoms with Crippen LogP contribution in [-0.4, -0.2) is 23.1 Å². The van der Waals surface area contributed by atoms with Gasteiger partial charge in [-0.2, -0.15) is 5.26 Å². The van der Waals surface area contributed by atoms with Crippen LogP contribution < -0.4 is 0 Å². The minimum atomic E-state index is 0.166. The smallest absolute Gasteiger partial charge is 0.126 e. The molecule has 1 saturated heterocycles. The number of phenols is 1. The number of piperidine rings is 1. The summed E-state index contributed by atoms with van der Waals surface area (Å²) in [6, 6.07) is 16.5. The molecule has 0 unspecified atom stereocenters. The first kappa shape index (κ1) is 17.5. The van der Waals surface area contributed by atoms with Crippen molar-refractivity contribution in [3.05, 3.63) is 53.6 Å². The van der Waals surface area contributed by atoms with E-state index >= 15 is 0 Å². The van der Waals surface area contributed by atoms with Gasteiger partial charge in [0, 0.05) is 18.5 Å². The predicted molar refractivity (Wildman–Crippen MR) is 101 cm³/mol. The largest absolute Gasteiger partial charge is 0.507 e. The van der Waals surface area contributed by atoms with Crippen molar-refractivity contribution in [1.82, 2.24) is 4.90 Å². The van der Waals surface area contributed by atoms with Crippen LogP contribution in [0.3, 0.4) is 0 Å². The number of nitrogens with zero attached hydrogens (tertiary/aromatic N) is 2. The Hall–Kier alpha value is -2.31. The van der Waals surface area contributed by atoms with Crippen LogP contribution in [-0.2, 0) is 6.54 Å². The van der Waals surface area contributed by atoms with Gasteiger partial charge in [-0.1, -0.05) is 49.4 Å². The van der Waals surface area contributed by atoms with E-state index in [9.17, 15) is 5.11 Å². The van der Waals surface area contributed by atoms with Gasteiger partial charge in [0.15, 0.2) is 0 Å². The Kier molecular flexibility index (Phi) is 5.11. The summed E-state index contributed by atoms with van der Waals surface area (Å²) in [5.41, 5.74) is 4.24. The quantitative estimate of drug-likeness (QED) is 0.866. The molecule has 3 heteroatoms. The van der Waals surface area contributed by atoms with E-state index in [1.54, 1.807) is 0 Å². The molecule has 3 rings (SSSR count). The minimum absolute atomic E-state index is 0.166. The summed E-state index contributed by atoms with van der Waals surface area (Å²) < 4.78 is 0. The number of nitriles is 1. The number of hydrogen-bond donors (Lipinski definition) is 1. The van der Waals surface area contributed by atoms with Crippen molar-refractivity contribution in [2.75, 3.05) is 13.1 Å². The van der Waals surface area contributed by atoms with Crippen molar-refractivity contribution >= 4 is 0 Å². The maximum Gasteiger partial charge on any atom is 0.126 e. The molecule has 3 nitrogen and oxygen atoms in total. The predicted octanol–water partition coefficient (Wildman–Crippen LogP) is 4.88. The zero-order valence-electron chi connectivity index (χ0n) is 15.1. The van der Waals surface area contributed by atoms with Crippen molar-refractivity contribution in [2.45, 2.75) is 39.7 Å². The number of phenolic OH excluding ortho intramolecular Hbond substituents is 1. The molecular formula is C22H26N2O. The van der Waals surface area contributed by atoms with Crippen LogP contribution >= 0.6 is 0 Å². The van der Waals surface area contributed by atoms with Crippen molar-refractivity contribution in [3.8, 4) is 22.9 Å². The van der Waals surface area contributed by atoms with E-state index in [1.807, 2.05) is 43.3 Å². The topological polar surface area (TPSA) is 47.3 Å². The summed E-state index contributed by atoms with van der Waals surface area (Å²) in [6.07, 6.45) is 2.77. The molecular weight excluding hydrogens is 308 g/mol. The second-order valence-corrected chi connectivity index (χ2v) is 7.53. The number of benzene rings is 2. The molecule has 2 aromatic carbocycles. The monoisotopic (exact) mass is 334 g/mol. The zero-order chi connectivity index (χ0) is 17.9. The molecule has 130 valence electrons. The van der Waals surface area contributed by atoms with Crippen molar-refractivity contribution in [1.29, 1.82) is 5.26 Å². The first-order chi connectivity index (χ1) is 12.0. The molecule has 0 aromatic heterocycles. The fraction of sp³-hybridized carbons (Fsp3) is 0.409. The highest BCUT2D eigenvalue weighted by atomic mass is 16.3. The first-order valence-electron chi connectivity index (χ1n) is 8.99. The van der Waals surface area contributed by atoms with Gasteiger partial charge in [-0.05, 0) is 55.0 Å². The summed E-state index contributed by atoms with van der Waals surface area (Å²) in [4.78, 5) is 2.43. The molecule has 1 aliphatic heterocycles. The van der Waals surface area contributed by atoms with Crippen LogP contribution in [0.2, 0.25) is 0 Å². The summed E-state index contributed by atoms with van der Waals surface area (Å²) in [7, 11) is 0. The fourth-order valence-electron chi connectivity index (χ4n) is 3.62. The van der Waals surface area contributed by atoms with Crippen molar-refractivity contribution in [2.24, 2.45) is 5.41 Å². The third kappa shape index (κ3) is 3.86. The Morgan fingerprint density at radius 3 is 2.44 bits per heavy atom. The van der Waals surface area contributed by atoms with Gasteiger partial charge in [0.05, 0.1) is 6.07 Å². The summed E-state index contributed by atoms with van der Waals surface area (Å²) in [6.45, 7) is 7.11. The van der Waals surface area contributed by atoms with E-state index in [2.05, 4.69) is 24.0 Å². The zero-order valence-corrected chi connectivity index (χ0v) is 15.1. The van der Waals surface area contributed by atoms with Crippen LogP contribution in [0.15, 0.2) is 42.5 Å². The maximum absolute atomic E-state index is 10.7. The molecule has 1 N–H and O–H groups in total. The molecule has 0 amide bonds. The average Bonchev–Trinajstić information content (AvgIpc) is 2.62. The second kappa shape index (κ2) is 7.29. The number of hydrogen-bond acceptors (Lipinski definition) is 3. The van der Waals surface area contributed by atoms with Gasteiger partial charge in [0.2, 0.25) is 0 Å². The van der Waals surface area contributed by atoms with E-state index < -0.39 is 0 Å². The molecule has 0 saturated carbocycles. The van der Waals surface area contributed by atoms with E-state index in [0.29, 0.717) is 12.2 Å². The lowest BCUT2D eigenvalue weighted by molar-refractivity contribution is 0.116. The lowest BCUT2D eigenvalue weighted by Crippen LogP contribution is -2.38. The molecule has 1 aliphatic rings. The third-order valence-corrected chi connectivity index (χ3v) is 5.59. The third-order valence-electron chi connectivity index (χ3n) is 5.59. The highest BCUT2D eigenvalue weighted by molar-refractivity contribution is 5.72. The lowest BCUT2D eigenvalue weighted by Gasteiger charge is -2.38. The highest BCUT2D eigenvalue weighted by Crippen LogP contribution is 2.36. The number of likely N-dealkylation sites (tertiary alicyclic amines) is 1. The summed E-state index contributed by atoms with van der Waals surface area (Å²) >= 11 is 0. The Morgan fingerprint density at radius 2 is 1.80 bits per heavy atom. The van der Waals surface area contributed by atoms with Crippen LogP contribution in [0.1, 0.15) is 37.3 Å². The van der Waals surface area contributed by atoms with Crippen LogP contribution in [0.4, 0.5) is 0 Å². The summed E-state index contributed by atoms with van der Waals surface area (Å²) in [5, 5.41) is 19.6. The molecule has 0 spiro atoms. The van der Waals surface area contributed by atoms with Gasteiger partial charge >= 0.3 is 0 Å². The van der Waals surface area contributed by atoms with Gasteiger partial charge in [0.25, 0.3) is 0 Å². The Bertz CT molecular complexity index is 769.